The summed E-state index contributed by atoms with van der Waals surface area (Å²) in [4.78, 5) is 12.2. The number of rotatable bonds is 1. The third-order valence-corrected chi connectivity index (χ3v) is 2.05. The van der Waals surface area contributed by atoms with Crippen molar-refractivity contribution in [3.05, 3.63) is 24.3 Å². The SMILES string of the molecule is CC(C)c1nc2ncncc2cc1O. The first kappa shape index (κ1) is 8.87. The first-order chi connectivity index (χ1) is 6.68. The molecule has 0 aliphatic carbocycles. The maximum absolute atomic E-state index is 9.66. The van der Waals surface area contributed by atoms with Crippen molar-refractivity contribution in [1.29, 1.82) is 0 Å². The number of pyridine rings is 1. The van der Waals surface area contributed by atoms with Gasteiger partial charge in [0.05, 0.1) is 5.69 Å². The number of hydrogen-bond donors (Lipinski definition) is 1. The lowest BCUT2D eigenvalue weighted by atomic mass is 10.1. The number of aromatic nitrogens is 3. The summed E-state index contributed by atoms with van der Waals surface area (Å²) in [6.07, 6.45) is 3.09. The minimum atomic E-state index is 0.189. The summed E-state index contributed by atoms with van der Waals surface area (Å²) in [5.41, 5.74) is 1.30. The van der Waals surface area contributed by atoms with Crippen molar-refractivity contribution >= 4 is 11.0 Å². The number of aromatic hydroxyl groups is 1. The second-order valence-electron chi connectivity index (χ2n) is 3.48. The van der Waals surface area contributed by atoms with Crippen molar-refractivity contribution < 1.29 is 5.11 Å². The van der Waals surface area contributed by atoms with Gasteiger partial charge in [-0.25, -0.2) is 15.0 Å². The number of nitrogens with zero attached hydrogens (tertiary/aromatic N) is 3. The summed E-state index contributed by atoms with van der Waals surface area (Å²) in [6.45, 7) is 3.96. The molecule has 0 bridgehead atoms. The summed E-state index contributed by atoms with van der Waals surface area (Å²) in [6, 6.07) is 1.65. The van der Waals surface area contributed by atoms with Gasteiger partial charge in [0.1, 0.15) is 12.1 Å². The zero-order valence-electron chi connectivity index (χ0n) is 8.10. The van der Waals surface area contributed by atoms with E-state index in [1.54, 1.807) is 12.3 Å². The van der Waals surface area contributed by atoms with Crippen molar-refractivity contribution in [3.8, 4) is 5.75 Å². The average Bonchev–Trinajstić information content (AvgIpc) is 2.16. The minimum Gasteiger partial charge on any atom is -0.506 e. The van der Waals surface area contributed by atoms with Crippen LogP contribution in [0.2, 0.25) is 0 Å². The van der Waals surface area contributed by atoms with Crippen molar-refractivity contribution in [2.75, 3.05) is 0 Å². The molecular weight excluding hydrogens is 178 g/mol. The quantitative estimate of drug-likeness (QED) is 0.743. The van der Waals surface area contributed by atoms with E-state index in [2.05, 4.69) is 15.0 Å². The topological polar surface area (TPSA) is 58.9 Å². The fourth-order valence-electron chi connectivity index (χ4n) is 1.35. The van der Waals surface area contributed by atoms with Gasteiger partial charge in [-0.3, -0.25) is 0 Å². The summed E-state index contributed by atoms with van der Waals surface area (Å²) >= 11 is 0. The van der Waals surface area contributed by atoms with Crippen molar-refractivity contribution in [2.45, 2.75) is 19.8 Å². The van der Waals surface area contributed by atoms with Crippen LogP contribution in [0.15, 0.2) is 18.6 Å². The Morgan fingerprint density at radius 3 is 2.86 bits per heavy atom. The van der Waals surface area contributed by atoms with Crippen LogP contribution in [0.5, 0.6) is 5.75 Å². The van der Waals surface area contributed by atoms with Crippen LogP contribution < -0.4 is 0 Å². The smallest absolute Gasteiger partial charge is 0.162 e. The van der Waals surface area contributed by atoms with Gasteiger partial charge in [-0.05, 0) is 12.0 Å². The van der Waals surface area contributed by atoms with E-state index in [1.807, 2.05) is 13.8 Å². The fraction of sp³-hybridized carbons (Fsp3) is 0.300. The van der Waals surface area contributed by atoms with Crippen LogP contribution in [-0.2, 0) is 0 Å². The van der Waals surface area contributed by atoms with E-state index in [4.69, 9.17) is 0 Å². The Balaban J connectivity index is 2.71. The van der Waals surface area contributed by atoms with Gasteiger partial charge < -0.3 is 5.11 Å². The molecule has 0 saturated heterocycles. The summed E-state index contributed by atoms with van der Waals surface area (Å²) in [5, 5.41) is 10.4. The second kappa shape index (κ2) is 3.21. The Kier molecular flexibility index (Phi) is 2.04. The largest absolute Gasteiger partial charge is 0.506 e. The Labute approximate surface area is 81.7 Å². The van der Waals surface area contributed by atoms with Gasteiger partial charge in [0.2, 0.25) is 0 Å². The molecule has 2 heterocycles. The van der Waals surface area contributed by atoms with Crippen LogP contribution in [0, 0.1) is 0 Å². The van der Waals surface area contributed by atoms with Gasteiger partial charge in [0.25, 0.3) is 0 Å². The van der Waals surface area contributed by atoms with E-state index < -0.39 is 0 Å². The highest BCUT2D eigenvalue weighted by atomic mass is 16.3. The van der Waals surface area contributed by atoms with Crippen LogP contribution in [0.4, 0.5) is 0 Å². The van der Waals surface area contributed by atoms with Gasteiger partial charge in [-0.1, -0.05) is 13.8 Å². The predicted molar refractivity (Wildman–Crippen MR) is 53.1 cm³/mol. The normalized spacial score (nSPS) is 11.1. The summed E-state index contributed by atoms with van der Waals surface area (Å²) < 4.78 is 0. The van der Waals surface area contributed by atoms with Gasteiger partial charge in [0.15, 0.2) is 5.65 Å². The lowest BCUT2D eigenvalue weighted by Gasteiger charge is -2.07. The third-order valence-electron chi connectivity index (χ3n) is 2.05. The van der Waals surface area contributed by atoms with Crippen LogP contribution in [0.3, 0.4) is 0 Å². The zero-order chi connectivity index (χ0) is 10.1. The first-order valence-corrected chi connectivity index (χ1v) is 4.48. The number of hydrogen-bond acceptors (Lipinski definition) is 4. The highest BCUT2D eigenvalue weighted by Crippen LogP contribution is 2.25. The Bertz CT molecular complexity index is 468. The van der Waals surface area contributed by atoms with Gasteiger partial charge >= 0.3 is 0 Å². The molecule has 0 fully saturated rings. The molecule has 2 aromatic heterocycles. The molecule has 2 aromatic rings. The molecule has 0 radical (unpaired) electrons. The van der Waals surface area contributed by atoms with E-state index in [9.17, 15) is 5.11 Å². The lowest BCUT2D eigenvalue weighted by molar-refractivity contribution is 0.461. The molecule has 0 aliphatic heterocycles. The van der Waals surface area contributed by atoms with E-state index >= 15 is 0 Å². The predicted octanol–water partition coefficient (Wildman–Crippen LogP) is 1.85. The molecule has 0 saturated carbocycles. The monoisotopic (exact) mass is 189 g/mol. The van der Waals surface area contributed by atoms with Gasteiger partial charge in [0, 0.05) is 11.6 Å². The first-order valence-electron chi connectivity index (χ1n) is 4.48. The fourth-order valence-corrected chi connectivity index (χ4v) is 1.35. The van der Waals surface area contributed by atoms with Crippen LogP contribution >= 0.6 is 0 Å². The maximum Gasteiger partial charge on any atom is 0.162 e. The number of fused-ring (bicyclic) bond motifs is 1. The highest BCUT2D eigenvalue weighted by molar-refractivity contribution is 5.75. The van der Waals surface area contributed by atoms with E-state index in [0.717, 1.165) is 5.39 Å². The van der Waals surface area contributed by atoms with E-state index in [-0.39, 0.29) is 11.7 Å². The van der Waals surface area contributed by atoms with Crippen LogP contribution in [-0.4, -0.2) is 20.1 Å². The minimum absolute atomic E-state index is 0.189. The van der Waals surface area contributed by atoms with Crippen molar-refractivity contribution in [3.63, 3.8) is 0 Å². The zero-order valence-corrected chi connectivity index (χ0v) is 8.10. The Morgan fingerprint density at radius 2 is 2.14 bits per heavy atom. The highest BCUT2D eigenvalue weighted by Gasteiger charge is 2.09. The molecule has 0 aromatic carbocycles. The Morgan fingerprint density at radius 1 is 1.36 bits per heavy atom. The molecule has 1 N–H and O–H groups in total. The molecule has 72 valence electrons. The lowest BCUT2D eigenvalue weighted by Crippen LogP contribution is -1.95. The standard InChI is InChI=1S/C10H11N3O/c1-6(2)9-8(14)3-7-4-11-5-12-10(7)13-9/h3-6,14H,1-2H3. The van der Waals surface area contributed by atoms with Gasteiger partial charge in [-0.15, -0.1) is 0 Å². The van der Waals surface area contributed by atoms with Gasteiger partial charge in [-0.2, -0.15) is 0 Å². The summed E-state index contributed by atoms with van der Waals surface area (Å²) in [5.74, 6) is 0.400. The molecule has 4 heteroatoms. The molecule has 14 heavy (non-hydrogen) atoms. The van der Waals surface area contributed by atoms with Crippen molar-refractivity contribution in [1.82, 2.24) is 15.0 Å². The van der Waals surface area contributed by atoms with Crippen LogP contribution in [0.1, 0.15) is 25.5 Å². The molecule has 0 atom stereocenters. The van der Waals surface area contributed by atoms with E-state index in [1.165, 1.54) is 6.33 Å². The average molecular weight is 189 g/mol. The second-order valence-corrected chi connectivity index (χ2v) is 3.48. The molecule has 2 rings (SSSR count). The maximum atomic E-state index is 9.66. The molecule has 0 amide bonds. The third kappa shape index (κ3) is 1.39. The van der Waals surface area contributed by atoms with Crippen LogP contribution in [0.25, 0.3) is 11.0 Å². The molecule has 0 spiro atoms. The Hall–Kier alpha value is -1.71. The molecule has 0 aliphatic rings. The molecule has 4 nitrogen and oxygen atoms in total. The molecule has 0 unspecified atom stereocenters. The van der Waals surface area contributed by atoms with Crippen molar-refractivity contribution in [2.24, 2.45) is 0 Å². The molecular formula is C10H11N3O. The summed E-state index contributed by atoms with van der Waals surface area (Å²) in [7, 11) is 0. The van der Waals surface area contributed by atoms with E-state index in [0.29, 0.717) is 11.3 Å².